The third-order valence-electron chi connectivity index (χ3n) is 2.94. The zero-order valence-electron chi connectivity index (χ0n) is 9.47. The van der Waals surface area contributed by atoms with E-state index < -0.39 is 0 Å². The Labute approximate surface area is 86.6 Å². The van der Waals surface area contributed by atoms with Crippen LogP contribution < -0.4 is 10.6 Å². The largest absolute Gasteiger partial charge is 0.353 e. The Balaban J connectivity index is 2.32. The van der Waals surface area contributed by atoms with Gasteiger partial charge in [-0.25, -0.2) is 0 Å². The molecule has 1 amide bonds. The molecule has 2 atom stereocenters. The summed E-state index contributed by atoms with van der Waals surface area (Å²) in [6.07, 6.45) is 2.46. The zero-order chi connectivity index (χ0) is 10.6. The highest BCUT2D eigenvalue weighted by Crippen LogP contribution is 2.14. The number of amides is 1. The maximum Gasteiger partial charge on any atom is 0.222 e. The SMILES string of the molecule is CC(C)C(=O)NC(C)C1CCCNC1. The number of hydrogen-bond acceptors (Lipinski definition) is 2. The zero-order valence-corrected chi connectivity index (χ0v) is 9.47. The first-order valence-corrected chi connectivity index (χ1v) is 5.62. The van der Waals surface area contributed by atoms with Crippen molar-refractivity contribution in [2.24, 2.45) is 11.8 Å². The fourth-order valence-electron chi connectivity index (χ4n) is 1.81. The normalized spacial score (nSPS) is 24.7. The van der Waals surface area contributed by atoms with Crippen LogP contribution in [0.15, 0.2) is 0 Å². The second kappa shape index (κ2) is 5.35. The molecule has 1 fully saturated rings. The molecule has 1 heterocycles. The molecule has 3 nitrogen and oxygen atoms in total. The van der Waals surface area contributed by atoms with E-state index in [0.717, 1.165) is 13.1 Å². The average Bonchev–Trinajstić information content (AvgIpc) is 2.19. The van der Waals surface area contributed by atoms with Crippen molar-refractivity contribution in [2.75, 3.05) is 13.1 Å². The van der Waals surface area contributed by atoms with Gasteiger partial charge in [0.05, 0.1) is 0 Å². The van der Waals surface area contributed by atoms with Crippen LogP contribution in [0.4, 0.5) is 0 Å². The Bertz CT molecular complexity index is 186. The molecule has 0 radical (unpaired) electrons. The van der Waals surface area contributed by atoms with Gasteiger partial charge in [0.2, 0.25) is 5.91 Å². The first kappa shape index (κ1) is 11.5. The van der Waals surface area contributed by atoms with Gasteiger partial charge in [-0.2, -0.15) is 0 Å². The summed E-state index contributed by atoms with van der Waals surface area (Å²) in [7, 11) is 0. The third-order valence-corrected chi connectivity index (χ3v) is 2.94. The van der Waals surface area contributed by atoms with E-state index in [9.17, 15) is 4.79 Å². The highest BCUT2D eigenvalue weighted by molar-refractivity contribution is 5.78. The van der Waals surface area contributed by atoms with Gasteiger partial charge in [-0.1, -0.05) is 13.8 Å². The molecule has 1 saturated heterocycles. The van der Waals surface area contributed by atoms with Crippen LogP contribution in [0.3, 0.4) is 0 Å². The van der Waals surface area contributed by atoms with Gasteiger partial charge in [-0.3, -0.25) is 4.79 Å². The predicted octanol–water partition coefficient (Wildman–Crippen LogP) is 1.15. The summed E-state index contributed by atoms with van der Waals surface area (Å²) in [6.45, 7) is 8.14. The van der Waals surface area contributed by atoms with Crippen LogP contribution in [0.25, 0.3) is 0 Å². The van der Waals surface area contributed by atoms with Gasteiger partial charge in [0.1, 0.15) is 0 Å². The Hall–Kier alpha value is -0.570. The Morgan fingerprint density at radius 3 is 2.64 bits per heavy atom. The van der Waals surface area contributed by atoms with Crippen LogP contribution in [-0.2, 0) is 4.79 Å². The maximum absolute atomic E-state index is 11.5. The Morgan fingerprint density at radius 1 is 1.43 bits per heavy atom. The molecule has 1 rings (SSSR count). The molecule has 2 N–H and O–H groups in total. The third kappa shape index (κ3) is 3.29. The molecule has 82 valence electrons. The summed E-state index contributed by atoms with van der Waals surface area (Å²) in [6, 6.07) is 0.303. The van der Waals surface area contributed by atoms with Crippen LogP contribution in [0.2, 0.25) is 0 Å². The number of piperidine rings is 1. The van der Waals surface area contributed by atoms with E-state index in [-0.39, 0.29) is 11.8 Å². The van der Waals surface area contributed by atoms with Crippen molar-refractivity contribution in [3.63, 3.8) is 0 Å². The number of hydrogen-bond donors (Lipinski definition) is 2. The van der Waals surface area contributed by atoms with Gasteiger partial charge in [0, 0.05) is 12.0 Å². The molecule has 0 spiro atoms. The lowest BCUT2D eigenvalue weighted by Crippen LogP contribution is -2.45. The predicted molar refractivity (Wildman–Crippen MR) is 58.0 cm³/mol. The second-order valence-electron chi connectivity index (χ2n) is 4.56. The minimum Gasteiger partial charge on any atom is -0.353 e. The van der Waals surface area contributed by atoms with Crippen molar-refractivity contribution in [3.05, 3.63) is 0 Å². The molecule has 0 aromatic rings. The quantitative estimate of drug-likeness (QED) is 0.714. The van der Waals surface area contributed by atoms with Gasteiger partial charge in [-0.05, 0) is 38.8 Å². The van der Waals surface area contributed by atoms with E-state index in [1.807, 2.05) is 13.8 Å². The number of nitrogens with one attached hydrogen (secondary N) is 2. The van der Waals surface area contributed by atoms with Crippen molar-refractivity contribution in [3.8, 4) is 0 Å². The van der Waals surface area contributed by atoms with E-state index in [2.05, 4.69) is 17.6 Å². The van der Waals surface area contributed by atoms with E-state index in [0.29, 0.717) is 12.0 Å². The first-order chi connectivity index (χ1) is 6.61. The Kier molecular flexibility index (Phi) is 4.39. The van der Waals surface area contributed by atoms with Gasteiger partial charge in [0.15, 0.2) is 0 Å². The van der Waals surface area contributed by atoms with Crippen molar-refractivity contribution >= 4 is 5.91 Å². The molecule has 0 aromatic heterocycles. The van der Waals surface area contributed by atoms with Crippen molar-refractivity contribution in [2.45, 2.75) is 39.7 Å². The first-order valence-electron chi connectivity index (χ1n) is 5.62. The van der Waals surface area contributed by atoms with Gasteiger partial charge >= 0.3 is 0 Å². The summed E-state index contributed by atoms with van der Waals surface area (Å²) < 4.78 is 0. The summed E-state index contributed by atoms with van der Waals surface area (Å²) in [5.74, 6) is 0.864. The van der Waals surface area contributed by atoms with Gasteiger partial charge < -0.3 is 10.6 Å². The summed E-state index contributed by atoms with van der Waals surface area (Å²) in [5.41, 5.74) is 0. The van der Waals surface area contributed by atoms with Crippen molar-refractivity contribution in [1.29, 1.82) is 0 Å². The highest BCUT2D eigenvalue weighted by atomic mass is 16.1. The van der Waals surface area contributed by atoms with Crippen LogP contribution in [0.1, 0.15) is 33.6 Å². The fraction of sp³-hybridized carbons (Fsp3) is 0.909. The molecule has 2 unspecified atom stereocenters. The lowest BCUT2D eigenvalue weighted by Gasteiger charge is -2.29. The molecule has 0 aromatic carbocycles. The number of rotatable bonds is 3. The molecule has 1 aliphatic heterocycles. The lowest BCUT2D eigenvalue weighted by atomic mass is 9.92. The van der Waals surface area contributed by atoms with Crippen molar-refractivity contribution in [1.82, 2.24) is 10.6 Å². The lowest BCUT2D eigenvalue weighted by molar-refractivity contribution is -0.125. The topological polar surface area (TPSA) is 41.1 Å². The number of carbonyl (C=O) groups excluding carboxylic acids is 1. The maximum atomic E-state index is 11.5. The van der Waals surface area contributed by atoms with Crippen LogP contribution >= 0.6 is 0 Å². The van der Waals surface area contributed by atoms with Crippen molar-refractivity contribution < 1.29 is 4.79 Å². The van der Waals surface area contributed by atoms with Gasteiger partial charge in [-0.15, -0.1) is 0 Å². The molecule has 0 aliphatic carbocycles. The second-order valence-corrected chi connectivity index (χ2v) is 4.56. The smallest absolute Gasteiger partial charge is 0.222 e. The van der Waals surface area contributed by atoms with Gasteiger partial charge in [0.25, 0.3) is 0 Å². The van der Waals surface area contributed by atoms with Crippen LogP contribution in [0, 0.1) is 11.8 Å². The van der Waals surface area contributed by atoms with E-state index in [1.165, 1.54) is 12.8 Å². The summed E-state index contributed by atoms with van der Waals surface area (Å²) in [4.78, 5) is 11.5. The highest BCUT2D eigenvalue weighted by Gasteiger charge is 2.21. The minimum absolute atomic E-state index is 0.0917. The summed E-state index contributed by atoms with van der Waals surface area (Å²) in [5, 5.41) is 6.44. The van der Waals surface area contributed by atoms with E-state index in [1.54, 1.807) is 0 Å². The molecule has 0 bridgehead atoms. The summed E-state index contributed by atoms with van der Waals surface area (Å²) >= 11 is 0. The minimum atomic E-state index is 0.0917. The molecule has 0 saturated carbocycles. The molecule has 1 aliphatic rings. The van der Waals surface area contributed by atoms with E-state index in [4.69, 9.17) is 0 Å². The average molecular weight is 198 g/mol. The van der Waals surface area contributed by atoms with E-state index >= 15 is 0 Å². The number of carbonyl (C=O) groups is 1. The standard InChI is InChI=1S/C11H22N2O/c1-8(2)11(14)13-9(3)10-5-4-6-12-7-10/h8-10,12H,4-7H2,1-3H3,(H,13,14). The monoisotopic (exact) mass is 198 g/mol. The van der Waals surface area contributed by atoms with Crippen LogP contribution in [-0.4, -0.2) is 25.0 Å². The fourth-order valence-corrected chi connectivity index (χ4v) is 1.81. The Morgan fingerprint density at radius 2 is 2.14 bits per heavy atom. The molecule has 14 heavy (non-hydrogen) atoms. The molecule has 3 heteroatoms. The molecular formula is C11H22N2O. The molecular weight excluding hydrogens is 176 g/mol. The van der Waals surface area contributed by atoms with Crippen LogP contribution in [0.5, 0.6) is 0 Å².